The van der Waals surface area contributed by atoms with E-state index in [1.807, 2.05) is 6.92 Å². The van der Waals surface area contributed by atoms with Gasteiger partial charge in [-0.1, -0.05) is 0 Å². The third kappa shape index (κ3) is 3.15. The molecule has 22 heavy (non-hydrogen) atoms. The van der Waals surface area contributed by atoms with Gasteiger partial charge >= 0.3 is 0 Å². The minimum atomic E-state index is -3.86. The smallest absolute Gasteiger partial charge is 0.240 e. The highest BCUT2D eigenvalue weighted by molar-refractivity contribution is 7.89. The van der Waals surface area contributed by atoms with Gasteiger partial charge in [0.2, 0.25) is 10.0 Å². The van der Waals surface area contributed by atoms with Crippen LogP contribution in [0.1, 0.15) is 13.3 Å². The molecule has 122 valence electrons. The van der Waals surface area contributed by atoms with Crippen molar-refractivity contribution in [1.82, 2.24) is 9.62 Å². The predicted octanol–water partition coefficient (Wildman–Crippen LogP) is 1.10. The van der Waals surface area contributed by atoms with E-state index in [0.29, 0.717) is 25.6 Å². The van der Waals surface area contributed by atoms with Crippen LogP contribution in [0, 0.1) is 11.6 Å². The number of hydrogen-bond donors (Lipinski definition) is 1. The Morgan fingerprint density at radius 1 is 1.27 bits per heavy atom. The van der Waals surface area contributed by atoms with Gasteiger partial charge in [0.25, 0.3) is 0 Å². The zero-order chi connectivity index (χ0) is 15.9. The molecule has 3 rings (SSSR count). The molecule has 0 radical (unpaired) electrons. The fourth-order valence-electron chi connectivity index (χ4n) is 3.06. The largest absolute Gasteiger partial charge is 0.376 e. The second kappa shape index (κ2) is 5.84. The fraction of sp³-hybridized carbons (Fsp3) is 0.571. The lowest BCUT2D eigenvalue weighted by Gasteiger charge is -2.33. The monoisotopic (exact) mass is 332 g/mol. The van der Waals surface area contributed by atoms with Crippen LogP contribution in [0.4, 0.5) is 8.78 Å². The maximum absolute atomic E-state index is 13.2. The van der Waals surface area contributed by atoms with E-state index in [9.17, 15) is 17.2 Å². The number of fused-ring (bicyclic) bond motifs is 1. The van der Waals surface area contributed by atoms with E-state index in [2.05, 4.69) is 9.62 Å². The molecule has 0 saturated carbocycles. The second-order valence-electron chi connectivity index (χ2n) is 5.88. The van der Waals surface area contributed by atoms with Crippen molar-refractivity contribution in [3.63, 3.8) is 0 Å². The summed E-state index contributed by atoms with van der Waals surface area (Å²) in [6.45, 7) is 3.94. The SMILES string of the molecule is C[C@H]1CN2C[C@H](NS(=O)(=O)c3ccc(F)c(F)c3)C[C@H]2CO1. The average Bonchev–Trinajstić information content (AvgIpc) is 2.82. The predicted molar refractivity (Wildman–Crippen MR) is 75.9 cm³/mol. The number of nitrogens with one attached hydrogen (secondary N) is 1. The Hall–Kier alpha value is -1.09. The Morgan fingerprint density at radius 2 is 2.05 bits per heavy atom. The Labute approximate surface area is 128 Å². The molecule has 5 nitrogen and oxygen atoms in total. The Bertz CT molecular complexity index is 668. The number of ether oxygens (including phenoxy) is 1. The van der Waals surface area contributed by atoms with Crippen LogP contribution in [-0.2, 0) is 14.8 Å². The Kier molecular flexibility index (Phi) is 4.19. The molecule has 1 aromatic carbocycles. The van der Waals surface area contributed by atoms with Crippen molar-refractivity contribution in [3.05, 3.63) is 29.8 Å². The van der Waals surface area contributed by atoms with Gasteiger partial charge in [0.1, 0.15) is 0 Å². The standard InChI is InChI=1S/C14H18F2N2O3S/c1-9-6-18-7-10(4-11(18)8-21-9)17-22(19,20)12-2-3-13(15)14(16)5-12/h2-3,5,9-11,17H,4,6-8H2,1H3/t9-,10+,11-/m0/s1. The summed E-state index contributed by atoms with van der Waals surface area (Å²) < 4.78 is 58.8. The van der Waals surface area contributed by atoms with Crippen LogP contribution >= 0.6 is 0 Å². The molecule has 0 amide bonds. The molecule has 2 aliphatic heterocycles. The zero-order valence-electron chi connectivity index (χ0n) is 12.1. The molecule has 3 atom stereocenters. The van der Waals surface area contributed by atoms with Crippen LogP contribution < -0.4 is 4.72 Å². The first-order chi connectivity index (χ1) is 10.3. The van der Waals surface area contributed by atoms with Crippen LogP contribution in [0.2, 0.25) is 0 Å². The Morgan fingerprint density at radius 3 is 2.77 bits per heavy atom. The number of morpholine rings is 1. The number of nitrogens with zero attached hydrogens (tertiary/aromatic N) is 1. The molecule has 0 spiro atoms. The van der Waals surface area contributed by atoms with Crippen LogP contribution in [0.3, 0.4) is 0 Å². The maximum atomic E-state index is 13.2. The van der Waals surface area contributed by atoms with Gasteiger partial charge in [-0.05, 0) is 31.5 Å². The van der Waals surface area contributed by atoms with E-state index in [1.165, 1.54) is 0 Å². The van der Waals surface area contributed by atoms with Crippen molar-refractivity contribution >= 4 is 10.0 Å². The molecule has 0 aliphatic carbocycles. The van der Waals surface area contributed by atoms with E-state index in [-0.39, 0.29) is 23.1 Å². The molecule has 2 aliphatic rings. The lowest BCUT2D eigenvalue weighted by atomic mass is 10.2. The summed E-state index contributed by atoms with van der Waals surface area (Å²) in [5, 5.41) is 0. The number of halogens is 2. The van der Waals surface area contributed by atoms with E-state index in [0.717, 1.165) is 18.7 Å². The lowest BCUT2D eigenvalue weighted by molar-refractivity contribution is -0.0390. The molecule has 1 aromatic rings. The van der Waals surface area contributed by atoms with Gasteiger partial charge < -0.3 is 4.74 Å². The second-order valence-corrected chi connectivity index (χ2v) is 7.60. The first-order valence-electron chi connectivity index (χ1n) is 7.18. The fourth-order valence-corrected chi connectivity index (χ4v) is 4.31. The molecule has 0 bridgehead atoms. The van der Waals surface area contributed by atoms with Crippen molar-refractivity contribution in [1.29, 1.82) is 0 Å². The van der Waals surface area contributed by atoms with Gasteiger partial charge in [-0.3, -0.25) is 4.90 Å². The van der Waals surface area contributed by atoms with Crippen LogP contribution in [0.15, 0.2) is 23.1 Å². The number of benzene rings is 1. The van der Waals surface area contributed by atoms with Crippen molar-refractivity contribution in [3.8, 4) is 0 Å². The molecule has 2 heterocycles. The summed E-state index contributed by atoms with van der Waals surface area (Å²) in [7, 11) is -3.86. The zero-order valence-corrected chi connectivity index (χ0v) is 12.9. The average molecular weight is 332 g/mol. The third-order valence-corrected chi connectivity index (χ3v) is 5.63. The third-order valence-electron chi connectivity index (χ3n) is 4.12. The molecule has 8 heteroatoms. The van der Waals surface area contributed by atoms with Crippen molar-refractivity contribution < 1.29 is 21.9 Å². The quantitative estimate of drug-likeness (QED) is 0.901. The van der Waals surface area contributed by atoms with Gasteiger partial charge in [0.15, 0.2) is 11.6 Å². The molecule has 0 aromatic heterocycles. The Balaban J connectivity index is 1.71. The van der Waals surface area contributed by atoms with E-state index in [1.54, 1.807) is 0 Å². The molecular weight excluding hydrogens is 314 g/mol. The highest BCUT2D eigenvalue weighted by Crippen LogP contribution is 2.24. The normalized spacial score (nSPS) is 29.5. The van der Waals surface area contributed by atoms with Crippen molar-refractivity contribution in [2.24, 2.45) is 0 Å². The molecule has 2 fully saturated rings. The summed E-state index contributed by atoms with van der Waals surface area (Å²) in [5.74, 6) is -2.24. The van der Waals surface area contributed by atoms with Crippen molar-refractivity contribution in [2.45, 2.75) is 36.4 Å². The van der Waals surface area contributed by atoms with E-state index < -0.39 is 21.7 Å². The van der Waals surface area contributed by atoms with Crippen LogP contribution in [0.25, 0.3) is 0 Å². The summed E-state index contributed by atoms with van der Waals surface area (Å²) in [6.07, 6.45) is 0.785. The topological polar surface area (TPSA) is 58.6 Å². The van der Waals surface area contributed by atoms with Gasteiger partial charge in [0.05, 0.1) is 17.6 Å². The van der Waals surface area contributed by atoms with E-state index >= 15 is 0 Å². The number of rotatable bonds is 3. The number of hydrogen-bond acceptors (Lipinski definition) is 4. The molecular formula is C14H18F2N2O3S. The van der Waals surface area contributed by atoms with Gasteiger partial charge in [-0.2, -0.15) is 0 Å². The first-order valence-corrected chi connectivity index (χ1v) is 8.66. The summed E-state index contributed by atoms with van der Waals surface area (Å²) in [6, 6.07) is 2.53. The summed E-state index contributed by atoms with van der Waals surface area (Å²) in [5.41, 5.74) is 0. The van der Waals surface area contributed by atoms with E-state index in [4.69, 9.17) is 4.74 Å². The summed E-state index contributed by atoms with van der Waals surface area (Å²) >= 11 is 0. The van der Waals surface area contributed by atoms with Crippen LogP contribution in [-0.4, -0.2) is 51.2 Å². The minimum absolute atomic E-state index is 0.137. The van der Waals surface area contributed by atoms with Gasteiger partial charge in [0, 0.05) is 25.2 Å². The highest BCUT2D eigenvalue weighted by Gasteiger charge is 2.37. The minimum Gasteiger partial charge on any atom is -0.376 e. The molecule has 0 unspecified atom stereocenters. The summed E-state index contributed by atoms with van der Waals surface area (Å²) in [4.78, 5) is 1.94. The van der Waals surface area contributed by atoms with Crippen LogP contribution in [0.5, 0.6) is 0 Å². The lowest BCUT2D eigenvalue weighted by Crippen LogP contribution is -2.45. The van der Waals surface area contributed by atoms with Gasteiger partial charge in [-0.15, -0.1) is 0 Å². The maximum Gasteiger partial charge on any atom is 0.240 e. The highest BCUT2D eigenvalue weighted by atomic mass is 32.2. The van der Waals surface area contributed by atoms with Gasteiger partial charge in [-0.25, -0.2) is 21.9 Å². The first kappa shape index (κ1) is 15.8. The molecule has 1 N–H and O–H groups in total. The number of sulfonamides is 1. The molecule has 2 saturated heterocycles. The van der Waals surface area contributed by atoms with Crippen molar-refractivity contribution in [2.75, 3.05) is 19.7 Å².